The number of imidazole rings is 1. The number of benzene rings is 1. The molecule has 108 valence electrons. The topological polar surface area (TPSA) is 47.1 Å². The van der Waals surface area contributed by atoms with E-state index in [0.717, 1.165) is 48.1 Å². The van der Waals surface area contributed by atoms with E-state index in [1.807, 2.05) is 18.2 Å². The molecule has 1 atom stereocenters. The predicted octanol–water partition coefficient (Wildman–Crippen LogP) is 2.40. The minimum atomic E-state index is 0.258. The zero-order valence-corrected chi connectivity index (χ0v) is 12.8. The molecule has 0 radical (unpaired) electrons. The van der Waals surface area contributed by atoms with Gasteiger partial charge in [0, 0.05) is 18.6 Å². The summed E-state index contributed by atoms with van der Waals surface area (Å²) in [5.74, 6) is 1.09. The third kappa shape index (κ3) is 2.43. The molecule has 1 saturated heterocycles. The number of nitrogens with zero attached hydrogens (tertiary/aromatic N) is 3. The van der Waals surface area contributed by atoms with E-state index in [1.54, 1.807) is 0 Å². The molecule has 20 heavy (non-hydrogen) atoms. The van der Waals surface area contributed by atoms with Gasteiger partial charge in [0.1, 0.15) is 5.82 Å². The molecule has 3 rings (SSSR count). The highest BCUT2D eigenvalue weighted by atomic mass is 35.5. The molecule has 0 bridgehead atoms. The van der Waals surface area contributed by atoms with Crippen LogP contribution < -0.4 is 5.73 Å². The summed E-state index contributed by atoms with van der Waals surface area (Å²) in [6, 6.07) is 5.85. The fraction of sp³-hybridized carbons (Fsp3) is 0.533. The number of hydrogen-bond acceptors (Lipinski definition) is 3. The van der Waals surface area contributed by atoms with Crippen molar-refractivity contribution in [3.8, 4) is 0 Å². The van der Waals surface area contributed by atoms with E-state index in [-0.39, 0.29) is 5.41 Å². The van der Waals surface area contributed by atoms with Gasteiger partial charge in [-0.15, -0.1) is 0 Å². The first-order chi connectivity index (χ1) is 9.50. The first-order valence-electron chi connectivity index (χ1n) is 7.04. The molecule has 1 unspecified atom stereocenters. The normalized spacial score (nSPS) is 23.8. The molecular weight excluding hydrogens is 272 g/mol. The van der Waals surface area contributed by atoms with Crippen molar-refractivity contribution in [1.29, 1.82) is 0 Å². The molecule has 4 nitrogen and oxygen atoms in total. The minimum Gasteiger partial charge on any atom is -0.330 e. The lowest BCUT2D eigenvalue weighted by Crippen LogP contribution is -2.31. The second-order valence-electron chi connectivity index (χ2n) is 6.20. The van der Waals surface area contributed by atoms with Crippen LogP contribution in [0.4, 0.5) is 0 Å². The first kappa shape index (κ1) is 13.9. The Bertz CT molecular complexity index is 636. The van der Waals surface area contributed by atoms with Crippen molar-refractivity contribution in [2.75, 3.05) is 19.6 Å². The highest BCUT2D eigenvalue weighted by Gasteiger charge is 2.32. The molecule has 1 aromatic carbocycles. The van der Waals surface area contributed by atoms with Crippen LogP contribution in [0.5, 0.6) is 0 Å². The number of halogens is 1. The van der Waals surface area contributed by atoms with Crippen molar-refractivity contribution in [3.63, 3.8) is 0 Å². The second kappa shape index (κ2) is 5.02. The highest BCUT2D eigenvalue weighted by Crippen LogP contribution is 2.30. The van der Waals surface area contributed by atoms with E-state index in [9.17, 15) is 0 Å². The van der Waals surface area contributed by atoms with Crippen LogP contribution in [-0.2, 0) is 13.6 Å². The Hall–Kier alpha value is -1.10. The molecule has 0 saturated carbocycles. The average Bonchev–Trinajstić information content (AvgIpc) is 2.94. The predicted molar refractivity (Wildman–Crippen MR) is 82.8 cm³/mol. The lowest BCUT2D eigenvalue weighted by atomic mass is 9.90. The van der Waals surface area contributed by atoms with Crippen LogP contribution in [0.15, 0.2) is 18.2 Å². The summed E-state index contributed by atoms with van der Waals surface area (Å²) in [6.07, 6.45) is 1.17. The Morgan fingerprint density at radius 2 is 2.25 bits per heavy atom. The number of rotatable bonds is 3. The largest absolute Gasteiger partial charge is 0.330 e. The zero-order valence-electron chi connectivity index (χ0n) is 12.1. The van der Waals surface area contributed by atoms with Crippen LogP contribution >= 0.6 is 11.6 Å². The maximum atomic E-state index is 6.06. The van der Waals surface area contributed by atoms with Gasteiger partial charge >= 0.3 is 0 Å². The Morgan fingerprint density at radius 1 is 1.45 bits per heavy atom. The number of hydrogen-bond donors (Lipinski definition) is 1. The van der Waals surface area contributed by atoms with E-state index >= 15 is 0 Å². The van der Waals surface area contributed by atoms with Gasteiger partial charge < -0.3 is 10.3 Å². The molecule has 0 amide bonds. The van der Waals surface area contributed by atoms with Crippen LogP contribution in [0, 0.1) is 5.41 Å². The first-order valence-corrected chi connectivity index (χ1v) is 7.42. The molecular formula is C15H21ClN4. The van der Waals surface area contributed by atoms with Crippen molar-refractivity contribution >= 4 is 22.6 Å². The molecule has 0 aliphatic carbocycles. The maximum Gasteiger partial charge on any atom is 0.123 e. The summed E-state index contributed by atoms with van der Waals surface area (Å²) in [7, 11) is 2.05. The highest BCUT2D eigenvalue weighted by molar-refractivity contribution is 6.31. The van der Waals surface area contributed by atoms with Crippen molar-refractivity contribution in [2.45, 2.75) is 19.9 Å². The fourth-order valence-electron chi connectivity index (χ4n) is 2.98. The van der Waals surface area contributed by atoms with Crippen LogP contribution in [0.1, 0.15) is 19.2 Å². The van der Waals surface area contributed by atoms with Gasteiger partial charge in [-0.1, -0.05) is 18.5 Å². The lowest BCUT2D eigenvalue weighted by molar-refractivity contribution is 0.267. The smallest absolute Gasteiger partial charge is 0.123 e. The third-order valence-electron chi connectivity index (χ3n) is 4.43. The molecule has 1 aliphatic heterocycles. The molecule has 1 fully saturated rings. The molecule has 5 heteroatoms. The van der Waals surface area contributed by atoms with E-state index in [0.29, 0.717) is 0 Å². The fourth-order valence-corrected chi connectivity index (χ4v) is 3.15. The Balaban J connectivity index is 1.83. The van der Waals surface area contributed by atoms with E-state index in [2.05, 4.69) is 23.4 Å². The zero-order chi connectivity index (χ0) is 14.3. The Morgan fingerprint density at radius 3 is 2.95 bits per heavy atom. The van der Waals surface area contributed by atoms with Crippen molar-refractivity contribution in [3.05, 3.63) is 29.0 Å². The molecule has 1 aromatic heterocycles. The van der Waals surface area contributed by atoms with Gasteiger partial charge in [0.05, 0.1) is 17.6 Å². The monoisotopic (exact) mass is 292 g/mol. The van der Waals surface area contributed by atoms with E-state index in [1.165, 1.54) is 6.42 Å². The number of fused-ring (bicyclic) bond motifs is 1. The van der Waals surface area contributed by atoms with Gasteiger partial charge in [0.25, 0.3) is 0 Å². The number of likely N-dealkylation sites (tertiary alicyclic amines) is 1. The van der Waals surface area contributed by atoms with E-state index < -0.39 is 0 Å². The van der Waals surface area contributed by atoms with E-state index in [4.69, 9.17) is 22.3 Å². The van der Waals surface area contributed by atoms with Gasteiger partial charge in [-0.05, 0) is 43.1 Å². The van der Waals surface area contributed by atoms with Crippen LogP contribution in [0.2, 0.25) is 5.02 Å². The molecule has 2 N–H and O–H groups in total. The summed E-state index contributed by atoms with van der Waals surface area (Å²) >= 11 is 6.06. The molecule has 2 aromatic rings. The minimum absolute atomic E-state index is 0.258. The van der Waals surface area contributed by atoms with Crippen molar-refractivity contribution < 1.29 is 0 Å². The quantitative estimate of drug-likeness (QED) is 0.945. The van der Waals surface area contributed by atoms with Gasteiger partial charge in [-0.2, -0.15) is 0 Å². The summed E-state index contributed by atoms with van der Waals surface area (Å²) in [4.78, 5) is 7.16. The van der Waals surface area contributed by atoms with Crippen molar-refractivity contribution in [2.24, 2.45) is 18.2 Å². The number of aryl methyl sites for hydroxylation is 1. The van der Waals surface area contributed by atoms with Gasteiger partial charge in [0.15, 0.2) is 0 Å². The molecule has 0 spiro atoms. The molecule has 2 heterocycles. The maximum absolute atomic E-state index is 6.06. The Kier molecular flexibility index (Phi) is 3.48. The SMILES string of the molecule is Cn1c(CN2CCC(C)(CN)C2)nc2ccc(Cl)cc21. The van der Waals surface area contributed by atoms with Gasteiger partial charge in [-0.3, -0.25) is 4.90 Å². The third-order valence-corrected chi connectivity index (χ3v) is 4.67. The second-order valence-corrected chi connectivity index (χ2v) is 6.63. The average molecular weight is 293 g/mol. The van der Waals surface area contributed by atoms with Crippen LogP contribution in [0.25, 0.3) is 11.0 Å². The Labute approximate surface area is 124 Å². The summed E-state index contributed by atoms with van der Waals surface area (Å²) in [5.41, 5.74) is 8.23. The summed E-state index contributed by atoms with van der Waals surface area (Å²) < 4.78 is 2.14. The van der Waals surface area contributed by atoms with Crippen LogP contribution in [0.3, 0.4) is 0 Å². The van der Waals surface area contributed by atoms with Gasteiger partial charge in [-0.25, -0.2) is 4.98 Å². The number of nitrogens with two attached hydrogens (primary N) is 1. The number of aromatic nitrogens is 2. The molecule has 1 aliphatic rings. The lowest BCUT2D eigenvalue weighted by Gasteiger charge is -2.22. The summed E-state index contributed by atoms with van der Waals surface area (Å²) in [5, 5.41) is 0.754. The standard InChI is InChI=1S/C15H21ClN4/c1-15(9-17)5-6-20(10-15)8-14-18-12-4-3-11(16)7-13(12)19(14)2/h3-4,7H,5-6,8-10,17H2,1-2H3. The van der Waals surface area contributed by atoms with Gasteiger partial charge in [0.2, 0.25) is 0 Å². The van der Waals surface area contributed by atoms with Crippen molar-refractivity contribution in [1.82, 2.24) is 14.5 Å². The van der Waals surface area contributed by atoms with Crippen LogP contribution in [-0.4, -0.2) is 34.1 Å². The summed E-state index contributed by atoms with van der Waals surface area (Å²) in [6.45, 7) is 6.03.